The minimum Gasteiger partial charge on any atom is -0.484 e. The lowest BCUT2D eigenvalue weighted by Crippen LogP contribution is -2.28. The van der Waals surface area contributed by atoms with E-state index >= 15 is 0 Å². The number of hydrogen-bond acceptors (Lipinski definition) is 3. The van der Waals surface area contributed by atoms with Gasteiger partial charge in [-0.25, -0.2) is 0 Å². The second kappa shape index (κ2) is 4.98. The van der Waals surface area contributed by atoms with Crippen molar-refractivity contribution in [2.24, 2.45) is 5.73 Å². The summed E-state index contributed by atoms with van der Waals surface area (Å²) in [4.78, 5) is 4.63. The SMILES string of the molecule is CC(Oc1ccc2ncc(Br)cc2c1)C(N)=S. The maximum Gasteiger partial charge on any atom is 0.145 e. The van der Waals surface area contributed by atoms with Crippen LogP contribution in [-0.4, -0.2) is 16.1 Å². The second-order valence-corrected chi connectivity index (χ2v) is 5.06. The Bertz CT molecular complexity index is 573. The van der Waals surface area contributed by atoms with E-state index in [0.717, 1.165) is 21.1 Å². The summed E-state index contributed by atoms with van der Waals surface area (Å²) < 4.78 is 6.55. The molecule has 0 aliphatic rings. The van der Waals surface area contributed by atoms with E-state index in [4.69, 9.17) is 22.7 Å². The first kappa shape index (κ1) is 12.3. The summed E-state index contributed by atoms with van der Waals surface area (Å²) in [5, 5.41) is 1.01. The molecule has 1 unspecified atom stereocenters. The van der Waals surface area contributed by atoms with Gasteiger partial charge in [0.05, 0.1) is 5.52 Å². The zero-order valence-electron chi connectivity index (χ0n) is 9.18. The van der Waals surface area contributed by atoms with Crippen molar-refractivity contribution in [1.29, 1.82) is 0 Å². The summed E-state index contributed by atoms with van der Waals surface area (Å²) in [7, 11) is 0. The lowest BCUT2D eigenvalue weighted by molar-refractivity contribution is 0.289. The molecule has 1 aromatic carbocycles. The molecule has 0 aliphatic heterocycles. The molecule has 0 amide bonds. The van der Waals surface area contributed by atoms with Crippen molar-refractivity contribution in [3.8, 4) is 5.75 Å². The predicted molar refractivity (Wildman–Crippen MR) is 76.3 cm³/mol. The van der Waals surface area contributed by atoms with Gasteiger partial charge >= 0.3 is 0 Å². The van der Waals surface area contributed by atoms with Crippen LogP contribution < -0.4 is 10.5 Å². The normalized spacial score (nSPS) is 12.4. The van der Waals surface area contributed by atoms with Crippen LogP contribution in [0, 0.1) is 0 Å². The van der Waals surface area contributed by atoms with Gasteiger partial charge in [-0.15, -0.1) is 0 Å². The number of thiocarbonyl (C=S) groups is 1. The summed E-state index contributed by atoms with van der Waals surface area (Å²) >= 11 is 8.25. The molecule has 0 aliphatic carbocycles. The van der Waals surface area contributed by atoms with Crippen LogP contribution in [0.5, 0.6) is 5.75 Å². The first-order valence-electron chi connectivity index (χ1n) is 5.07. The standard InChI is InChI=1S/C12H11BrN2OS/c1-7(12(14)17)16-10-2-3-11-8(5-10)4-9(13)6-15-11/h2-7H,1H3,(H2,14,17). The Balaban J connectivity index is 2.33. The molecule has 5 heteroatoms. The van der Waals surface area contributed by atoms with Crippen molar-refractivity contribution in [2.45, 2.75) is 13.0 Å². The molecule has 3 nitrogen and oxygen atoms in total. The molecule has 0 spiro atoms. The van der Waals surface area contributed by atoms with Crippen LogP contribution in [0.2, 0.25) is 0 Å². The van der Waals surface area contributed by atoms with Gasteiger partial charge in [0, 0.05) is 16.1 Å². The van der Waals surface area contributed by atoms with Crippen LogP contribution in [0.4, 0.5) is 0 Å². The van der Waals surface area contributed by atoms with Crippen LogP contribution in [-0.2, 0) is 0 Å². The van der Waals surface area contributed by atoms with E-state index in [1.807, 2.05) is 31.2 Å². The second-order valence-electron chi connectivity index (χ2n) is 3.67. The van der Waals surface area contributed by atoms with Gasteiger partial charge in [-0.2, -0.15) is 0 Å². The van der Waals surface area contributed by atoms with Gasteiger partial charge in [0.2, 0.25) is 0 Å². The zero-order valence-corrected chi connectivity index (χ0v) is 11.6. The average Bonchev–Trinajstić information content (AvgIpc) is 2.28. The molecule has 2 aromatic rings. The molecular weight excluding hydrogens is 300 g/mol. The first-order chi connectivity index (χ1) is 8.06. The maximum absolute atomic E-state index is 5.61. The predicted octanol–water partition coefficient (Wildman–Crippen LogP) is 3.05. The van der Waals surface area contributed by atoms with E-state index in [0.29, 0.717) is 4.99 Å². The van der Waals surface area contributed by atoms with Crippen molar-refractivity contribution in [2.75, 3.05) is 0 Å². The lowest BCUT2D eigenvalue weighted by atomic mass is 10.2. The lowest BCUT2D eigenvalue weighted by Gasteiger charge is -2.13. The molecule has 2 N–H and O–H groups in total. The molecular formula is C12H11BrN2OS. The van der Waals surface area contributed by atoms with Crippen molar-refractivity contribution in [3.63, 3.8) is 0 Å². The highest BCUT2D eigenvalue weighted by molar-refractivity contribution is 9.10. The summed E-state index contributed by atoms with van der Waals surface area (Å²) in [6.07, 6.45) is 1.49. The van der Waals surface area contributed by atoms with Crippen molar-refractivity contribution < 1.29 is 4.74 Å². The average molecular weight is 311 g/mol. The van der Waals surface area contributed by atoms with Crippen LogP contribution >= 0.6 is 28.1 Å². The smallest absolute Gasteiger partial charge is 0.145 e. The number of aromatic nitrogens is 1. The van der Waals surface area contributed by atoms with E-state index in [-0.39, 0.29) is 6.10 Å². The van der Waals surface area contributed by atoms with Crippen molar-refractivity contribution in [1.82, 2.24) is 4.98 Å². The monoisotopic (exact) mass is 310 g/mol. The molecule has 1 atom stereocenters. The third kappa shape index (κ3) is 2.92. The zero-order chi connectivity index (χ0) is 12.4. The molecule has 2 rings (SSSR count). The largest absolute Gasteiger partial charge is 0.484 e. The molecule has 1 heterocycles. The molecule has 0 saturated heterocycles. The third-order valence-electron chi connectivity index (χ3n) is 2.33. The molecule has 17 heavy (non-hydrogen) atoms. The minimum absolute atomic E-state index is 0.275. The highest BCUT2D eigenvalue weighted by Gasteiger charge is 2.07. The maximum atomic E-state index is 5.61. The molecule has 0 fully saturated rings. The minimum atomic E-state index is -0.275. The summed E-state index contributed by atoms with van der Waals surface area (Å²) in [5.41, 5.74) is 6.43. The third-order valence-corrected chi connectivity index (χ3v) is 3.10. The van der Waals surface area contributed by atoms with Crippen LogP contribution in [0.1, 0.15) is 6.92 Å². The fourth-order valence-corrected chi connectivity index (χ4v) is 1.82. The van der Waals surface area contributed by atoms with Crippen molar-refractivity contribution >= 4 is 44.0 Å². The van der Waals surface area contributed by atoms with E-state index < -0.39 is 0 Å². The Morgan fingerprint density at radius 3 is 2.94 bits per heavy atom. The number of benzene rings is 1. The molecule has 0 radical (unpaired) electrons. The topological polar surface area (TPSA) is 48.1 Å². The van der Waals surface area contributed by atoms with Crippen LogP contribution in [0.3, 0.4) is 0 Å². The Morgan fingerprint density at radius 2 is 2.24 bits per heavy atom. The van der Waals surface area contributed by atoms with Crippen molar-refractivity contribution in [3.05, 3.63) is 34.9 Å². The van der Waals surface area contributed by atoms with E-state index in [2.05, 4.69) is 20.9 Å². The molecule has 1 aromatic heterocycles. The first-order valence-corrected chi connectivity index (χ1v) is 6.27. The summed E-state index contributed by atoms with van der Waals surface area (Å²) in [5.74, 6) is 0.734. The summed E-state index contributed by atoms with van der Waals surface area (Å²) in [6.45, 7) is 1.83. The Kier molecular flexibility index (Phi) is 3.59. The van der Waals surface area contributed by atoms with Gasteiger partial charge in [0.15, 0.2) is 0 Å². The van der Waals surface area contributed by atoms with Gasteiger partial charge in [-0.1, -0.05) is 12.2 Å². The van der Waals surface area contributed by atoms with Gasteiger partial charge in [-0.05, 0) is 47.1 Å². The van der Waals surface area contributed by atoms with E-state index in [1.165, 1.54) is 0 Å². The van der Waals surface area contributed by atoms with E-state index in [1.54, 1.807) is 6.20 Å². The number of rotatable bonds is 3. The van der Waals surface area contributed by atoms with Crippen LogP contribution in [0.15, 0.2) is 34.9 Å². The highest BCUT2D eigenvalue weighted by Crippen LogP contribution is 2.22. The van der Waals surface area contributed by atoms with Gasteiger partial charge < -0.3 is 10.5 Å². The van der Waals surface area contributed by atoms with Gasteiger partial charge in [0.25, 0.3) is 0 Å². The molecule has 0 bridgehead atoms. The Morgan fingerprint density at radius 1 is 1.47 bits per heavy atom. The van der Waals surface area contributed by atoms with E-state index in [9.17, 15) is 0 Å². The summed E-state index contributed by atoms with van der Waals surface area (Å²) in [6, 6.07) is 7.67. The molecule has 88 valence electrons. The number of hydrogen-bond donors (Lipinski definition) is 1. The number of pyridine rings is 1. The van der Waals surface area contributed by atoms with Gasteiger partial charge in [-0.3, -0.25) is 4.98 Å². The number of halogens is 1. The van der Waals surface area contributed by atoms with Gasteiger partial charge in [0.1, 0.15) is 16.8 Å². The van der Waals surface area contributed by atoms with Crippen LogP contribution in [0.25, 0.3) is 10.9 Å². The quantitative estimate of drug-likeness (QED) is 0.885. The fraction of sp³-hybridized carbons (Fsp3) is 0.167. The highest BCUT2D eigenvalue weighted by atomic mass is 79.9. The number of nitrogens with zero attached hydrogens (tertiary/aromatic N) is 1. The number of nitrogens with two attached hydrogens (primary N) is 1. The fourth-order valence-electron chi connectivity index (χ4n) is 1.42. The number of ether oxygens (including phenoxy) is 1. The Labute approximate surface area is 113 Å². The Hall–Kier alpha value is -1.20. The molecule has 0 saturated carbocycles. The number of fused-ring (bicyclic) bond motifs is 1.